The maximum Gasteiger partial charge on any atom is 0.338 e. The highest BCUT2D eigenvalue weighted by atomic mass is 16.5. The fraction of sp³-hybridized carbons (Fsp3) is 0.438. The van der Waals surface area contributed by atoms with Gasteiger partial charge in [0.15, 0.2) is 0 Å². The van der Waals surface area contributed by atoms with Crippen LogP contribution in [0.2, 0.25) is 0 Å². The molecule has 0 spiro atoms. The third-order valence-corrected chi connectivity index (χ3v) is 2.98. The lowest BCUT2D eigenvalue weighted by Gasteiger charge is -2.16. The standard InChI is InChI=1S/C16H22N2O4/c1-5-22-16(21)14(17-11(4)19)15(20)18-13-8-6-12(7-9-13)10(2)3/h6-10,14H,5H2,1-4H3,(H,17,19)(H,18,20)/t14-/m0/s1. The van der Waals surface area contributed by atoms with Crippen LogP contribution in [-0.4, -0.2) is 30.4 Å². The first kappa shape index (κ1) is 17.7. The molecule has 0 bridgehead atoms. The van der Waals surface area contributed by atoms with E-state index in [9.17, 15) is 14.4 Å². The summed E-state index contributed by atoms with van der Waals surface area (Å²) in [6.45, 7) is 7.13. The van der Waals surface area contributed by atoms with Gasteiger partial charge >= 0.3 is 5.97 Å². The first-order valence-electron chi connectivity index (χ1n) is 7.19. The van der Waals surface area contributed by atoms with Crippen molar-refractivity contribution in [3.05, 3.63) is 29.8 Å². The predicted octanol–water partition coefficient (Wildman–Crippen LogP) is 1.82. The highest BCUT2D eigenvalue weighted by molar-refractivity contribution is 6.10. The smallest absolute Gasteiger partial charge is 0.338 e. The maximum absolute atomic E-state index is 12.2. The van der Waals surface area contributed by atoms with Gasteiger partial charge in [-0.05, 0) is 30.5 Å². The van der Waals surface area contributed by atoms with Crippen LogP contribution in [0.25, 0.3) is 0 Å². The van der Waals surface area contributed by atoms with Crippen molar-refractivity contribution in [1.29, 1.82) is 0 Å². The van der Waals surface area contributed by atoms with Crippen molar-refractivity contribution in [3.8, 4) is 0 Å². The Morgan fingerprint density at radius 2 is 1.73 bits per heavy atom. The van der Waals surface area contributed by atoms with Crippen LogP contribution in [0.1, 0.15) is 39.2 Å². The van der Waals surface area contributed by atoms with Crippen molar-refractivity contribution in [2.75, 3.05) is 11.9 Å². The number of carbonyl (C=O) groups is 3. The first-order valence-corrected chi connectivity index (χ1v) is 7.19. The van der Waals surface area contributed by atoms with Gasteiger partial charge in [-0.2, -0.15) is 0 Å². The van der Waals surface area contributed by atoms with Crippen molar-refractivity contribution >= 4 is 23.5 Å². The van der Waals surface area contributed by atoms with Gasteiger partial charge in [-0.1, -0.05) is 26.0 Å². The van der Waals surface area contributed by atoms with Crippen LogP contribution in [0, 0.1) is 0 Å². The minimum absolute atomic E-state index is 0.130. The van der Waals surface area contributed by atoms with Crippen molar-refractivity contribution in [1.82, 2.24) is 5.32 Å². The Bertz CT molecular complexity index is 538. The van der Waals surface area contributed by atoms with Gasteiger partial charge in [0, 0.05) is 12.6 Å². The average Bonchev–Trinajstić information content (AvgIpc) is 2.45. The average molecular weight is 306 g/mol. The van der Waals surface area contributed by atoms with Gasteiger partial charge in [-0.15, -0.1) is 0 Å². The van der Waals surface area contributed by atoms with E-state index in [1.165, 1.54) is 6.92 Å². The molecule has 0 aromatic heterocycles. The number of amides is 2. The number of hydrogen-bond donors (Lipinski definition) is 2. The molecule has 6 nitrogen and oxygen atoms in total. The van der Waals surface area contributed by atoms with E-state index >= 15 is 0 Å². The number of benzene rings is 1. The van der Waals surface area contributed by atoms with Crippen LogP contribution in [0.5, 0.6) is 0 Å². The Morgan fingerprint density at radius 1 is 1.14 bits per heavy atom. The summed E-state index contributed by atoms with van der Waals surface area (Å²) in [6.07, 6.45) is 0. The summed E-state index contributed by atoms with van der Waals surface area (Å²) < 4.78 is 4.80. The number of esters is 1. The minimum Gasteiger partial charge on any atom is -0.464 e. The van der Waals surface area contributed by atoms with E-state index in [1.807, 2.05) is 12.1 Å². The zero-order valence-corrected chi connectivity index (χ0v) is 13.3. The second kappa shape index (κ2) is 8.17. The topological polar surface area (TPSA) is 84.5 Å². The summed E-state index contributed by atoms with van der Waals surface area (Å²) in [5.74, 6) is -1.51. The molecule has 0 unspecified atom stereocenters. The third-order valence-electron chi connectivity index (χ3n) is 2.98. The summed E-state index contributed by atoms with van der Waals surface area (Å²) in [5, 5.41) is 4.89. The molecular weight excluding hydrogens is 284 g/mol. The van der Waals surface area contributed by atoms with E-state index in [2.05, 4.69) is 24.5 Å². The lowest BCUT2D eigenvalue weighted by Crippen LogP contribution is -2.49. The Kier molecular flexibility index (Phi) is 6.56. The van der Waals surface area contributed by atoms with Crippen LogP contribution in [0.4, 0.5) is 5.69 Å². The number of ether oxygens (including phenoxy) is 1. The summed E-state index contributed by atoms with van der Waals surface area (Å²) in [4.78, 5) is 35.1. The first-order chi connectivity index (χ1) is 10.3. The number of anilines is 1. The summed E-state index contributed by atoms with van der Waals surface area (Å²) >= 11 is 0. The monoisotopic (exact) mass is 306 g/mol. The molecule has 22 heavy (non-hydrogen) atoms. The quantitative estimate of drug-likeness (QED) is 0.620. The largest absolute Gasteiger partial charge is 0.464 e. The fourth-order valence-electron chi connectivity index (χ4n) is 1.83. The molecule has 0 radical (unpaired) electrons. The number of carbonyl (C=O) groups excluding carboxylic acids is 3. The molecule has 0 aliphatic carbocycles. The molecule has 1 rings (SSSR count). The van der Waals surface area contributed by atoms with E-state index < -0.39 is 23.8 Å². The molecule has 0 saturated carbocycles. The molecule has 0 aliphatic heterocycles. The van der Waals surface area contributed by atoms with Crippen molar-refractivity contribution < 1.29 is 19.1 Å². The van der Waals surface area contributed by atoms with Gasteiger partial charge in [-0.25, -0.2) is 4.79 Å². The van der Waals surface area contributed by atoms with E-state index in [1.54, 1.807) is 19.1 Å². The molecule has 0 aliphatic rings. The van der Waals surface area contributed by atoms with Crippen molar-refractivity contribution in [2.24, 2.45) is 0 Å². The van der Waals surface area contributed by atoms with E-state index in [-0.39, 0.29) is 6.61 Å². The molecule has 0 saturated heterocycles. The molecular formula is C16H22N2O4. The molecule has 2 N–H and O–H groups in total. The van der Waals surface area contributed by atoms with E-state index in [0.717, 1.165) is 5.56 Å². The Hall–Kier alpha value is -2.37. The number of rotatable bonds is 6. The van der Waals surface area contributed by atoms with Crippen LogP contribution in [0.15, 0.2) is 24.3 Å². The third kappa shape index (κ3) is 5.20. The molecule has 6 heteroatoms. The molecule has 0 heterocycles. The Labute approximate surface area is 130 Å². The highest BCUT2D eigenvalue weighted by Gasteiger charge is 2.28. The van der Waals surface area contributed by atoms with Crippen molar-refractivity contribution in [3.63, 3.8) is 0 Å². The molecule has 120 valence electrons. The van der Waals surface area contributed by atoms with Gasteiger partial charge in [0.25, 0.3) is 5.91 Å². The molecule has 1 aromatic rings. The molecule has 1 atom stereocenters. The summed E-state index contributed by atoms with van der Waals surface area (Å²) in [6, 6.07) is 5.95. The lowest BCUT2D eigenvalue weighted by atomic mass is 10.0. The zero-order valence-electron chi connectivity index (χ0n) is 13.3. The van der Waals surface area contributed by atoms with Crippen LogP contribution in [0.3, 0.4) is 0 Å². The second-order valence-electron chi connectivity index (χ2n) is 5.15. The van der Waals surface area contributed by atoms with Crippen LogP contribution in [-0.2, 0) is 19.1 Å². The minimum atomic E-state index is -1.36. The Balaban J connectivity index is 2.81. The van der Waals surface area contributed by atoms with Gasteiger partial charge in [0.1, 0.15) is 0 Å². The lowest BCUT2D eigenvalue weighted by molar-refractivity contribution is -0.149. The van der Waals surface area contributed by atoms with Gasteiger partial charge in [0.05, 0.1) is 6.61 Å². The second-order valence-corrected chi connectivity index (χ2v) is 5.15. The number of hydrogen-bond acceptors (Lipinski definition) is 4. The summed E-state index contributed by atoms with van der Waals surface area (Å²) in [7, 11) is 0. The molecule has 2 amide bonds. The molecule has 0 fully saturated rings. The van der Waals surface area contributed by atoms with Gasteiger partial charge in [-0.3, -0.25) is 9.59 Å². The van der Waals surface area contributed by atoms with Crippen LogP contribution < -0.4 is 10.6 Å². The maximum atomic E-state index is 12.2. The Morgan fingerprint density at radius 3 is 2.18 bits per heavy atom. The van der Waals surface area contributed by atoms with Gasteiger partial charge in [0.2, 0.25) is 11.9 Å². The van der Waals surface area contributed by atoms with Crippen LogP contribution >= 0.6 is 0 Å². The SMILES string of the molecule is CCOC(=O)[C@@H](NC(C)=O)C(=O)Nc1ccc(C(C)C)cc1. The highest BCUT2D eigenvalue weighted by Crippen LogP contribution is 2.17. The predicted molar refractivity (Wildman–Crippen MR) is 83.4 cm³/mol. The molecule has 1 aromatic carbocycles. The number of nitrogens with one attached hydrogen (secondary N) is 2. The summed E-state index contributed by atoms with van der Waals surface area (Å²) in [5.41, 5.74) is 1.69. The van der Waals surface area contributed by atoms with E-state index in [0.29, 0.717) is 11.6 Å². The van der Waals surface area contributed by atoms with E-state index in [4.69, 9.17) is 4.74 Å². The van der Waals surface area contributed by atoms with Gasteiger partial charge < -0.3 is 15.4 Å². The zero-order chi connectivity index (χ0) is 16.7. The van der Waals surface area contributed by atoms with Crippen molar-refractivity contribution in [2.45, 2.75) is 39.7 Å². The normalized spacial score (nSPS) is 11.7. The fourth-order valence-corrected chi connectivity index (χ4v) is 1.83.